The van der Waals surface area contributed by atoms with Gasteiger partial charge in [0.1, 0.15) is 0 Å². The molecule has 0 spiro atoms. The number of anilines is 3. The van der Waals surface area contributed by atoms with Gasteiger partial charge in [-0.15, -0.1) is 11.3 Å². The summed E-state index contributed by atoms with van der Waals surface area (Å²) >= 11 is 1.88. The Morgan fingerprint density at radius 2 is 0.690 bits per heavy atom. The summed E-state index contributed by atoms with van der Waals surface area (Å²) < 4.78 is 2.62. The Morgan fingerprint density at radius 3 is 1.33 bits per heavy atom. The van der Waals surface area contributed by atoms with Crippen molar-refractivity contribution in [1.29, 1.82) is 0 Å². The fourth-order valence-electron chi connectivity index (χ4n) is 8.67. The van der Waals surface area contributed by atoms with E-state index in [0.717, 1.165) is 17.1 Å². The van der Waals surface area contributed by atoms with Crippen LogP contribution in [0.2, 0.25) is 0 Å². The molecule has 10 aromatic carbocycles. The van der Waals surface area contributed by atoms with Crippen molar-refractivity contribution in [2.75, 3.05) is 4.90 Å². The molecular formula is C56H37NS. The van der Waals surface area contributed by atoms with E-state index in [-0.39, 0.29) is 0 Å². The third-order valence-electron chi connectivity index (χ3n) is 11.5. The van der Waals surface area contributed by atoms with Gasteiger partial charge in [-0.25, -0.2) is 0 Å². The molecule has 0 bridgehead atoms. The molecule has 11 aromatic rings. The molecule has 11 rings (SSSR count). The highest BCUT2D eigenvalue weighted by atomic mass is 32.1. The van der Waals surface area contributed by atoms with Crippen LogP contribution in [0.25, 0.3) is 86.2 Å². The summed E-state index contributed by atoms with van der Waals surface area (Å²) in [6.07, 6.45) is 0. The lowest BCUT2D eigenvalue weighted by Gasteiger charge is -2.28. The molecule has 0 saturated carbocycles. The van der Waals surface area contributed by atoms with Gasteiger partial charge >= 0.3 is 0 Å². The minimum atomic E-state index is 1.10. The monoisotopic (exact) mass is 755 g/mol. The molecule has 58 heavy (non-hydrogen) atoms. The van der Waals surface area contributed by atoms with Crippen LogP contribution in [0.4, 0.5) is 17.1 Å². The lowest BCUT2D eigenvalue weighted by Crippen LogP contribution is -2.11. The average molecular weight is 756 g/mol. The van der Waals surface area contributed by atoms with Crippen LogP contribution in [0.3, 0.4) is 0 Å². The highest BCUT2D eigenvalue weighted by Gasteiger charge is 2.20. The number of benzene rings is 10. The van der Waals surface area contributed by atoms with Gasteiger partial charge in [-0.1, -0.05) is 188 Å². The van der Waals surface area contributed by atoms with Crippen molar-refractivity contribution in [3.05, 3.63) is 224 Å². The van der Waals surface area contributed by atoms with Crippen LogP contribution >= 0.6 is 11.3 Å². The molecule has 2 heteroatoms. The van der Waals surface area contributed by atoms with Gasteiger partial charge in [-0.05, 0) is 91.3 Å². The quantitative estimate of drug-likeness (QED) is 0.157. The SMILES string of the molecule is c1ccc(N(c2ccc(-c3ccc(-c4cccc5ccccc45)cc3)cc2)c2ccc(-c3cccc4ccccc34)cc2)c(-c2cccc3c2sc2ccccc23)c1. The lowest BCUT2D eigenvalue weighted by atomic mass is 9.96. The Balaban J connectivity index is 1.02. The summed E-state index contributed by atoms with van der Waals surface area (Å²) in [6, 6.07) is 81.9. The summed E-state index contributed by atoms with van der Waals surface area (Å²) in [5, 5.41) is 7.65. The fraction of sp³-hybridized carbons (Fsp3) is 0. The van der Waals surface area contributed by atoms with E-state index < -0.39 is 0 Å². The zero-order valence-electron chi connectivity index (χ0n) is 31.7. The second-order valence-electron chi connectivity index (χ2n) is 14.9. The van der Waals surface area contributed by atoms with E-state index in [1.165, 1.54) is 86.2 Å². The van der Waals surface area contributed by atoms with Crippen molar-refractivity contribution < 1.29 is 0 Å². The van der Waals surface area contributed by atoms with Crippen LogP contribution in [0, 0.1) is 0 Å². The third-order valence-corrected chi connectivity index (χ3v) is 12.7. The summed E-state index contributed by atoms with van der Waals surface area (Å²) in [7, 11) is 0. The van der Waals surface area contributed by atoms with Gasteiger partial charge < -0.3 is 4.90 Å². The van der Waals surface area contributed by atoms with Crippen molar-refractivity contribution in [2.45, 2.75) is 0 Å². The average Bonchev–Trinajstić information content (AvgIpc) is 3.69. The molecule has 1 aromatic heterocycles. The maximum atomic E-state index is 2.42. The van der Waals surface area contributed by atoms with Gasteiger partial charge in [0, 0.05) is 42.7 Å². The predicted octanol–water partition coefficient (Wildman–Crippen LogP) is 16.5. The second-order valence-corrected chi connectivity index (χ2v) is 15.9. The summed E-state index contributed by atoms with van der Waals surface area (Å²) in [6.45, 7) is 0. The zero-order valence-corrected chi connectivity index (χ0v) is 32.5. The van der Waals surface area contributed by atoms with Crippen molar-refractivity contribution >= 4 is 70.1 Å². The molecule has 0 fully saturated rings. The van der Waals surface area contributed by atoms with Gasteiger partial charge in [0.15, 0.2) is 0 Å². The van der Waals surface area contributed by atoms with Crippen molar-refractivity contribution in [3.8, 4) is 44.5 Å². The van der Waals surface area contributed by atoms with Gasteiger partial charge in [-0.3, -0.25) is 0 Å². The Labute approximate surface area is 342 Å². The van der Waals surface area contributed by atoms with E-state index in [4.69, 9.17) is 0 Å². The summed E-state index contributed by atoms with van der Waals surface area (Å²) in [5.74, 6) is 0. The van der Waals surface area contributed by atoms with Gasteiger partial charge in [0.25, 0.3) is 0 Å². The number of hydrogen-bond donors (Lipinski definition) is 0. The minimum Gasteiger partial charge on any atom is -0.310 e. The highest BCUT2D eigenvalue weighted by Crippen LogP contribution is 2.46. The number of hydrogen-bond acceptors (Lipinski definition) is 2. The molecule has 0 N–H and O–H groups in total. The number of fused-ring (bicyclic) bond motifs is 5. The van der Waals surface area contributed by atoms with E-state index in [0.29, 0.717) is 0 Å². The first-order chi connectivity index (χ1) is 28.8. The zero-order chi connectivity index (χ0) is 38.4. The van der Waals surface area contributed by atoms with Crippen LogP contribution in [0.5, 0.6) is 0 Å². The van der Waals surface area contributed by atoms with E-state index in [2.05, 4.69) is 229 Å². The fourth-order valence-corrected chi connectivity index (χ4v) is 9.90. The Bertz CT molecular complexity index is 3250. The highest BCUT2D eigenvalue weighted by molar-refractivity contribution is 7.26. The Kier molecular flexibility index (Phi) is 8.42. The first kappa shape index (κ1) is 34.0. The normalized spacial score (nSPS) is 11.4. The van der Waals surface area contributed by atoms with Crippen LogP contribution in [-0.4, -0.2) is 0 Å². The van der Waals surface area contributed by atoms with E-state index in [9.17, 15) is 0 Å². The molecule has 0 atom stereocenters. The molecule has 0 amide bonds. The van der Waals surface area contributed by atoms with Gasteiger partial charge in [-0.2, -0.15) is 0 Å². The van der Waals surface area contributed by atoms with Crippen molar-refractivity contribution in [1.82, 2.24) is 0 Å². The number of thiophene rings is 1. The maximum Gasteiger partial charge on any atom is 0.0540 e. The molecule has 1 nitrogen and oxygen atoms in total. The molecule has 272 valence electrons. The van der Waals surface area contributed by atoms with E-state index >= 15 is 0 Å². The van der Waals surface area contributed by atoms with Gasteiger partial charge in [0.05, 0.1) is 5.69 Å². The summed E-state index contributed by atoms with van der Waals surface area (Å²) in [5.41, 5.74) is 13.1. The smallest absolute Gasteiger partial charge is 0.0540 e. The molecule has 0 radical (unpaired) electrons. The summed E-state index contributed by atoms with van der Waals surface area (Å²) in [4.78, 5) is 2.42. The molecule has 0 aliphatic heterocycles. The topological polar surface area (TPSA) is 3.24 Å². The third kappa shape index (κ3) is 5.94. The van der Waals surface area contributed by atoms with Crippen LogP contribution in [0.1, 0.15) is 0 Å². The van der Waals surface area contributed by atoms with Crippen LogP contribution in [-0.2, 0) is 0 Å². The molecule has 0 unspecified atom stereocenters. The molecule has 0 aliphatic rings. The minimum absolute atomic E-state index is 1.10. The van der Waals surface area contributed by atoms with Crippen LogP contribution in [0.15, 0.2) is 224 Å². The van der Waals surface area contributed by atoms with Crippen molar-refractivity contribution in [3.63, 3.8) is 0 Å². The second kappa shape index (κ2) is 14.4. The first-order valence-electron chi connectivity index (χ1n) is 19.8. The first-order valence-corrected chi connectivity index (χ1v) is 20.7. The Morgan fingerprint density at radius 1 is 0.276 bits per heavy atom. The number of rotatable bonds is 7. The molecule has 0 saturated heterocycles. The lowest BCUT2D eigenvalue weighted by molar-refractivity contribution is 1.28. The molecular weight excluding hydrogens is 719 g/mol. The Hall–Kier alpha value is -7.26. The predicted molar refractivity (Wildman–Crippen MR) is 251 cm³/mol. The molecule has 0 aliphatic carbocycles. The van der Waals surface area contributed by atoms with Gasteiger partial charge in [0.2, 0.25) is 0 Å². The standard InChI is InChI=1S/C56H37NS/c1-3-16-46-40(12-1)14-9-20-48(46)42-28-26-38(27-29-42)39-30-34-44(35-31-39)57(45-36-32-43(33-37-45)49-21-10-15-41-13-2-4-17-47(41)49)54-24-7-5-18-50(54)52-22-11-23-53-51-19-6-8-25-55(51)58-56(52)53/h1-37H. The maximum absolute atomic E-state index is 2.42. The largest absolute Gasteiger partial charge is 0.310 e. The van der Waals surface area contributed by atoms with E-state index in [1.807, 2.05) is 11.3 Å². The van der Waals surface area contributed by atoms with Crippen LogP contribution < -0.4 is 4.90 Å². The molecule has 1 heterocycles. The van der Waals surface area contributed by atoms with Crippen molar-refractivity contribution in [2.24, 2.45) is 0 Å². The number of nitrogens with zero attached hydrogens (tertiary/aromatic N) is 1. The number of para-hydroxylation sites is 1. The van der Waals surface area contributed by atoms with E-state index in [1.54, 1.807) is 0 Å².